The van der Waals surface area contributed by atoms with Crippen LogP contribution in [0, 0.1) is 0 Å². The molecule has 0 spiro atoms. The Labute approximate surface area is 122 Å². The van der Waals surface area contributed by atoms with Gasteiger partial charge in [0.05, 0.1) is 21.4 Å². The van der Waals surface area contributed by atoms with Crippen molar-refractivity contribution < 1.29 is 4.21 Å². The number of rotatable bonds is 4. The standard InChI is InChI=1S/C12H15BrN4OS/c1-8(2)17-12(15-7-16-17)6-19(18)11-4-3-9(14)5-10(11)13/h3-5,7-8H,6,14H2,1-2H3. The highest BCUT2D eigenvalue weighted by Crippen LogP contribution is 2.24. The first-order valence-electron chi connectivity index (χ1n) is 5.81. The molecule has 0 bridgehead atoms. The Kier molecular flexibility index (Phi) is 4.36. The predicted molar refractivity (Wildman–Crippen MR) is 79.1 cm³/mol. The second kappa shape index (κ2) is 5.83. The van der Waals surface area contributed by atoms with E-state index in [9.17, 15) is 4.21 Å². The lowest BCUT2D eigenvalue weighted by molar-refractivity contribution is 0.513. The lowest BCUT2D eigenvalue weighted by atomic mass is 10.3. The van der Waals surface area contributed by atoms with Crippen molar-refractivity contribution in [1.82, 2.24) is 14.8 Å². The Morgan fingerprint density at radius 1 is 1.47 bits per heavy atom. The number of anilines is 1. The average Bonchev–Trinajstić information content (AvgIpc) is 2.76. The molecule has 7 heteroatoms. The molecule has 1 atom stereocenters. The van der Waals surface area contributed by atoms with Crippen LogP contribution in [0.15, 0.2) is 33.9 Å². The largest absolute Gasteiger partial charge is 0.399 e. The zero-order valence-electron chi connectivity index (χ0n) is 10.7. The quantitative estimate of drug-likeness (QED) is 0.866. The smallest absolute Gasteiger partial charge is 0.140 e. The highest BCUT2D eigenvalue weighted by atomic mass is 79.9. The second-order valence-corrected chi connectivity index (χ2v) is 6.67. The third-order valence-corrected chi connectivity index (χ3v) is 4.88. The summed E-state index contributed by atoms with van der Waals surface area (Å²) in [5.74, 6) is 1.05. The van der Waals surface area contributed by atoms with Crippen molar-refractivity contribution in [3.05, 3.63) is 34.8 Å². The maximum absolute atomic E-state index is 12.4. The van der Waals surface area contributed by atoms with Crippen LogP contribution in [0.3, 0.4) is 0 Å². The van der Waals surface area contributed by atoms with E-state index in [-0.39, 0.29) is 6.04 Å². The third-order valence-electron chi connectivity index (χ3n) is 2.60. The summed E-state index contributed by atoms with van der Waals surface area (Å²) in [4.78, 5) is 4.88. The number of benzene rings is 1. The number of halogens is 1. The van der Waals surface area contributed by atoms with Gasteiger partial charge in [0.1, 0.15) is 12.2 Å². The number of hydrogen-bond acceptors (Lipinski definition) is 4. The molecule has 1 heterocycles. The van der Waals surface area contributed by atoms with Crippen LogP contribution >= 0.6 is 15.9 Å². The van der Waals surface area contributed by atoms with Gasteiger partial charge in [0.15, 0.2) is 0 Å². The molecule has 2 N–H and O–H groups in total. The van der Waals surface area contributed by atoms with Crippen molar-refractivity contribution in [3.63, 3.8) is 0 Å². The van der Waals surface area contributed by atoms with Crippen LogP contribution in [-0.4, -0.2) is 19.0 Å². The van der Waals surface area contributed by atoms with Gasteiger partial charge in [-0.1, -0.05) is 0 Å². The van der Waals surface area contributed by atoms with Gasteiger partial charge in [0.2, 0.25) is 0 Å². The van der Waals surface area contributed by atoms with E-state index in [1.807, 2.05) is 13.8 Å². The number of aromatic nitrogens is 3. The van der Waals surface area contributed by atoms with Crippen LogP contribution in [0.25, 0.3) is 0 Å². The van der Waals surface area contributed by atoms with Crippen LogP contribution in [0.4, 0.5) is 5.69 Å². The van der Waals surface area contributed by atoms with Crippen molar-refractivity contribution in [2.24, 2.45) is 0 Å². The van der Waals surface area contributed by atoms with Crippen LogP contribution in [-0.2, 0) is 16.6 Å². The van der Waals surface area contributed by atoms with E-state index in [4.69, 9.17) is 5.73 Å². The molecule has 0 amide bonds. The molecule has 2 aromatic rings. The second-order valence-electron chi connectivity index (χ2n) is 4.39. The minimum absolute atomic E-state index is 0.198. The molecule has 0 saturated carbocycles. The van der Waals surface area contributed by atoms with Crippen LogP contribution in [0.2, 0.25) is 0 Å². The van der Waals surface area contributed by atoms with Crippen LogP contribution < -0.4 is 5.73 Å². The summed E-state index contributed by atoms with van der Waals surface area (Å²) < 4.78 is 14.9. The number of nitrogens with two attached hydrogens (primary N) is 1. The predicted octanol–water partition coefficient (Wildman–Crippen LogP) is 2.51. The Balaban J connectivity index is 2.23. The van der Waals surface area contributed by atoms with Crippen molar-refractivity contribution in [2.75, 3.05) is 5.73 Å². The average molecular weight is 343 g/mol. The Morgan fingerprint density at radius 3 is 2.84 bits per heavy atom. The summed E-state index contributed by atoms with van der Waals surface area (Å²) in [5, 5.41) is 4.14. The highest BCUT2D eigenvalue weighted by Gasteiger charge is 2.14. The molecule has 0 aliphatic heterocycles. The van der Waals surface area contributed by atoms with Crippen molar-refractivity contribution in [2.45, 2.75) is 30.5 Å². The number of hydrogen-bond donors (Lipinski definition) is 1. The summed E-state index contributed by atoms with van der Waals surface area (Å²) in [6, 6.07) is 5.46. The first kappa shape index (κ1) is 14.2. The SMILES string of the molecule is CC(C)n1ncnc1CS(=O)c1ccc(N)cc1Br. The van der Waals surface area contributed by atoms with Gasteiger partial charge < -0.3 is 5.73 Å². The molecule has 0 aliphatic rings. The fourth-order valence-electron chi connectivity index (χ4n) is 1.71. The van der Waals surface area contributed by atoms with E-state index in [2.05, 4.69) is 26.0 Å². The molecule has 1 aromatic heterocycles. The van der Waals surface area contributed by atoms with E-state index in [0.717, 1.165) is 10.3 Å². The maximum Gasteiger partial charge on any atom is 0.140 e. The Hall–Kier alpha value is -1.21. The highest BCUT2D eigenvalue weighted by molar-refractivity contribution is 9.10. The topological polar surface area (TPSA) is 73.8 Å². The van der Waals surface area contributed by atoms with E-state index in [0.29, 0.717) is 16.3 Å². The summed E-state index contributed by atoms with van der Waals surface area (Å²) in [7, 11) is -1.19. The fraction of sp³-hybridized carbons (Fsp3) is 0.333. The molecule has 0 saturated heterocycles. The molecule has 1 aromatic carbocycles. The summed E-state index contributed by atoms with van der Waals surface area (Å²) in [6.45, 7) is 4.03. The van der Waals surface area contributed by atoms with Gasteiger partial charge in [-0.05, 0) is 48.0 Å². The zero-order chi connectivity index (χ0) is 14.0. The van der Waals surface area contributed by atoms with E-state index in [1.165, 1.54) is 6.33 Å². The monoisotopic (exact) mass is 342 g/mol. The molecule has 0 aliphatic carbocycles. The van der Waals surface area contributed by atoms with E-state index in [1.54, 1.807) is 22.9 Å². The molecular formula is C12H15BrN4OS. The fourth-order valence-corrected chi connectivity index (χ4v) is 3.74. The molecule has 0 fully saturated rings. The van der Waals surface area contributed by atoms with Crippen molar-refractivity contribution in [3.8, 4) is 0 Å². The zero-order valence-corrected chi connectivity index (χ0v) is 13.1. The van der Waals surface area contributed by atoms with Crippen LogP contribution in [0.5, 0.6) is 0 Å². The lowest BCUT2D eigenvalue weighted by Gasteiger charge is -2.10. The van der Waals surface area contributed by atoms with Gasteiger partial charge in [-0.2, -0.15) is 5.10 Å². The minimum atomic E-state index is -1.19. The third kappa shape index (κ3) is 3.22. The van der Waals surface area contributed by atoms with E-state index >= 15 is 0 Å². The molecule has 2 rings (SSSR count). The first-order chi connectivity index (χ1) is 8.99. The van der Waals surface area contributed by atoms with Gasteiger partial charge in [-0.25, -0.2) is 9.67 Å². The van der Waals surface area contributed by atoms with Gasteiger partial charge in [0.25, 0.3) is 0 Å². The molecule has 1 unspecified atom stereocenters. The summed E-state index contributed by atoms with van der Waals surface area (Å²) in [6.07, 6.45) is 1.49. The van der Waals surface area contributed by atoms with Gasteiger partial charge >= 0.3 is 0 Å². The molecular weight excluding hydrogens is 328 g/mol. The Bertz CT molecular complexity index is 612. The number of nitrogens with zero attached hydrogens (tertiary/aromatic N) is 3. The van der Waals surface area contributed by atoms with Crippen molar-refractivity contribution in [1.29, 1.82) is 0 Å². The van der Waals surface area contributed by atoms with Crippen LogP contribution in [0.1, 0.15) is 25.7 Å². The number of nitrogen functional groups attached to an aromatic ring is 1. The van der Waals surface area contributed by atoms with E-state index < -0.39 is 10.8 Å². The molecule has 19 heavy (non-hydrogen) atoms. The summed E-state index contributed by atoms with van der Waals surface area (Å²) in [5.41, 5.74) is 6.31. The normalized spacial score (nSPS) is 12.8. The summed E-state index contributed by atoms with van der Waals surface area (Å²) >= 11 is 3.38. The maximum atomic E-state index is 12.4. The molecule has 5 nitrogen and oxygen atoms in total. The lowest BCUT2D eigenvalue weighted by Crippen LogP contribution is -2.10. The van der Waals surface area contributed by atoms with Crippen molar-refractivity contribution >= 4 is 32.4 Å². The van der Waals surface area contributed by atoms with Gasteiger partial charge in [-0.3, -0.25) is 4.21 Å². The Morgan fingerprint density at radius 2 is 2.21 bits per heavy atom. The van der Waals surface area contributed by atoms with Gasteiger partial charge in [-0.15, -0.1) is 0 Å². The van der Waals surface area contributed by atoms with Gasteiger partial charge in [0, 0.05) is 16.2 Å². The molecule has 0 radical (unpaired) electrons. The molecule has 102 valence electrons. The minimum Gasteiger partial charge on any atom is -0.399 e. The first-order valence-corrected chi connectivity index (χ1v) is 7.92.